The van der Waals surface area contributed by atoms with Crippen molar-refractivity contribution in [2.45, 2.75) is 10.6 Å². The molecule has 0 bridgehead atoms. The zero-order chi connectivity index (χ0) is 15.4. The van der Waals surface area contributed by atoms with Crippen LogP contribution in [-0.2, 0) is 16.6 Å². The number of rotatable bonds is 5. The second kappa shape index (κ2) is 6.45. The minimum absolute atomic E-state index is 0.0638. The van der Waals surface area contributed by atoms with E-state index in [1.54, 1.807) is 12.1 Å². The van der Waals surface area contributed by atoms with Crippen molar-refractivity contribution in [3.05, 3.63) is 64.0 Å². The number of nitro benzene ring substituents is 1. The minimum atomic E-state index is -1.48. The van der Waals surface area contributed by atoms with E-state index in [1.807, 2.05) is 0 Å². The molecule has 0 aliphatic carbocycles. The number of ether oxygens (including phenoxy) is 1. The summed E-state index contributed by atoms with van der Waals surface area (Å²) < 4.78 is 30.1. The molecule has 0 saturated carbocycles. The van der Waals surface area contributed by atoms with Crippen molar-refractivity contribution in [1.82, 2.24) is 0 Å². The number of methoxy groups -OCH3 is 1. The lowest BCUT2D eigenvalue weighted by atomic mass is 10.2. The molecule has 0 aromatic heterocycles. The lowest BCUT2D eigenvalue weighted by Crippen LogP contribution is -1.99. The Bertz CT molecular complexity index is 705. The van der Waals surface area contributed by atoms with Gasteiger partial charge >= 0.3 is 5.69 Å². The monoisotopic (exact) mass is 309 g/mol. The van der Waals surface area contributed by atoms with Crippen LogP contribution in [0.2, 0.25) is 0 Å². The molecule has 110 valence electrons. The summed E-state index contributed by atoms with van der Waals surface area (Å²) in [5.74, 6) is -0.268. The summed E-state index contributed by atoms with van der Waals surface area (Å²) >= 11 is 0. The van der Waals surface area contributed by atoms with Crippen LogP contribution in [0.25, 0.3) is 0 Å². The molecule has 1 unspecified atom stereocenters. The maximum Gasteiger partial charge on any atom is 0.311 e. The number of hydrogen-bond donors (Lipinski definition) is 0. The van der Waals surface area contributed by atoms with Gasteiger partial charge in [-0.25, -0.2) is 4.39 Å². The quantitative estimate of drug-likeness (QED) is 0.629. The van der Waals surface area contributed by atoms with Crippen molar-refractivity contribution in [1.29, 1.82) is 0 Å². The minimum Gasteiger partial charge on any atom is -0.490 e. The summed E-state index contributed by atoms with van der Waals surface area (Å²) in [6, 6.07) is 9.85. The van der Waals surface area contributed by atoms with Crippen molar-refractivity contribution in [2.75, 3.05) is 7.11 Å². The van der Waals surface area contributed by atoms with Crippen LogP contribution in [0.1, 0.15) is 5.56 Å². The third-order valence-corrected chi connectivity index (χ3v) is 4.17. The predicted octanol–water partition coefficient (Wildman–Crippen LogP) is 3.05. The topological polar surface area (TPSA) is 69.4 Å². The normalized spacial score (nSPS) is 11.9. The Balaban J connectivity index is 2.25. The van der Waals surface area contributed by atoms with Gasteiger partial charge in [-0.15, -0.1) is 0 Å². The summed E-state index contributed by atoms with van der Waals surface area (Å²) in [6.45, 7) is 0. The van der Waals surface area contributed by atoms with Gasteiger partial charge in [0.05, 0.1) is 28.6 Å². The van der Waals surface area contributed by atoms with E-state index in [9.17, 15) is 18.7 Å². The Kier molecular flexibility index (Phi) is 4.64. The zero-order valence-corrected chi connectivity index (χ0v) is 11.9. The Labute approximate surface area is 123 Å². The molecule has 2 aromatic rings. The molecule has 5 nitrogen and oxygen atoms in total. The summed E-state index contributed by atoms with van der Waals surface area (Å²) in [6.07, 6.45) is 0. The molecular weight excluding hydrogens is 297 g/mol. The van der Waals surface area contributed by atoms with Gasteiger partial charge in [-0.05, 0) is 29.8 Å². The van der Waals surface area contributed by atoms with E-state index >= 15 is 0 Å². The van der Waals surface area contributed by atoms with E-state index in [0.717, 1.165) is 0 Å². The highest BCUT2D eigenvalue weighted by atomic mass is 32.2. The van der Waals surface area contributed by atoms with Crippen LogP contribution in [0.3, 0.4) is 0 Å². The number of nitrogens with zero attached hydrogens (tertiary/aromatic N) is 1. The first-order valence-electron chi connectivity index (χ1n) is 5.96. The first-order valence-corrected chi connectivity index (χ1v) is 7.28. The third kappa shape index (κ3) is 3.63. The molecule has 0 amide bonds. The van der Waals surface area contributed by atoms with Crippen LogP contribution in [0, 0.1) is 15.9 Å². The van der Waals surface area contributed by atoms with Crippen LogP contribution < -0.4 is 4.74 Å². The Morgan fingerprint density at radius 3 is 2.67 bits per heavy atom. The van der Waals surface area contributed by atoms with Crippen molar-refractivity contribution < 1.29 is 18.3 Å². The standard InChI is InChI=1S/C14H12FNO4S/c1-20-14-6-5-10(7-13(14)16(17)18)9-21(19)12-4-2-3-11(15)8-12/h2-8H,9H2,1H3. The smallest absolute Gasteiger partial charge is 0.311 e. The molecule has 0 spiro atoms. The van der Waals surface area contributed by atoms with Gasteiger partial charge < -0.3 is 4.74 Å². The first-order chi connectivity index (χ1) is 10.0. The lowest BCUT2D eigenvalue weighted by Gasteiger charge is -2.05. The van der Waals surface area contributed by atoms with E-state index in [2.05, 4.69) is 0 Å². The first kappa shape index (κ1) is 15.1. The second-order valence-electron chi connectivity index (χ2n) is 4.21. The van der Waals surface area contributed by atoms with Crippen LogP contribution >= 0.6 is 0 Å². The van der Waals surface area contributed by atoms with Crippen molar-refractivity contribution in [2.24, 2.45) is 0 Å². The van der Waals surface area contributed by atoms with E-state index in [0.29, 0.717) is 10.5 Å². The van der Waals surface area contributed by atoms with Gasteiger partial charge in [0.1, 0.15) is 5.82 Å². The van der Waals surface area contributed by atoms with E-state index in [-0.39, 0.29) is 17.2 Å². The molecule has 7 heteroatoms. The molecule has 1 atom stereocenters. The zero-order valence-electron chi connectivity index (χ0n) is 11.1. The Hall–Kier alpha value is -2.28. The highest BCUT2D eigenvalue weighted by Crippen LogP contribution is 2.28. The van der Waals surface area contributed by atoms with Gasteiger partial charge in [0, 0.05) is 11.0 Å². The number of hydrogen-bond acceptors (Lipinski definition) is 4. The SMILES string of the molecule is COc1ccc(CS(=O)c2cccc(F)c2)cc1[N+](=O)[O-]. The van der Waals surface area contributed by atoms with Crippen LogP contribution in [-0.4, -0.2) is 16.2 Å². The Morgan fingerprint density at radius 1 is 1.29 bits per heavy atom. The fourth-order valence-corrected chi connectivity index (χ4v) is 2.93. The molecule has 0 N–H and O–H groups in total. The Morgan fingerprint density at radius 2 is 2.05 bits per heavy atom. The molecular formula is C14H12FNO4S. The van der Waals surface area contributed by atoms with Crippen molar-refractivity contribution in [3.8, 4) is 5.75 Å². The number of benzene rings is 2. The molecule has 0 radical (unpaired) electrons. The third-order valence-electron chi connectivity index (χ3n) is 2.80. The predicted molar refractivity (Wildman–Crippen MR) is 76.2 cm³/mol. The second-order valence-corrected chi connectivity index (χ2v) is 5.66. The molecule has 0 aliphatic rings. The molecule has 2 rings (SSSR count). The highest BCUT2D eigenvalue weighted by Gasteiger charge is 2.16. The molecule has 0 heterocycles. The molecule has 0 aliphatic heterocycles. The maximum atomic E-state index is 13.1. The molecule has 0 saturated heterocycles. The van der Waals surface area contributed by atoms with E-state index < -0.39 is 21.5 Å². The van der Waals surface area contributed by atoms with Crippen molar-refractivity contribution in [3.63, 3.8) is 0 Å². The van der Waals surface area contributed by atoms with Crippen LogP contribution in [0.5, 0.6) is 5.75 Å². The number of halogens is 1. The van der Waals surface area contributed by atoms with E-state index in [1.165, 1.54) is 37.4 Å². The van der Waals surface area contributed by atoms with Gasteiger partial charge in [0.15, 0.2) is 5.75 Å². The molecule has 2 aromatic carbocycles. The van der Waals surface area contributed by atoms with Gasteiger partial charge in [-0.1, -0.05) is 12.1 Å². The fraction of sp³-hybridized carbons (Fsp3) is 0.143. The molecule has 21 heavy (non-hydrogen) atoms. The molecule has 0 fully saturated rings. The summed E-state index contributed by atoms with van der Waals surface area (Å²) in [7, 11) is -0.138. The van der Waals surface area contributed by atoms with Gasteiger partial charge in [0.2, 0.25) is 0 Å². The summed E-state index contributed by atoms with van der Waals surface area (Å²) in [5, 5.41) is 10.9. The van der Waals surface area contributed by atoms with Gasteiger partial charge in [0.25, 0.3) is 0 Å². The average molecular weight is 309 g/mol. The summed E-state index contributed by atoms with van der Waals surface area (Å²) in [5.41, 5.74) is 0.330. The van der Waals surface area contributed by atoms with Crippen LogP contribution in [0.15, 0.2) is 47.4 Å². The largest absolute Gasteiger partial charge is 0.490 e. The number of nitro groups is 1. The highest BCUT2D eigenvalue weighted by molar-refractivity contribution is 7.84. The maximum absolute atomic E-state index is 13.1. The van der Waals surface area contributed by atoms with E-state index in [4.69, 9.17) is 4.74 Å². The average Bonchev–Trinajstić information content (AvgIpc) is 2.47. The lowest BCUT2D eigenvalue weighted by molar-refractivity contribution is -0.385. The van der Waals surface area contributed by atoms with Crippen molar-refractivity contribution >= 4 is 16.5 Å². The fourth-order valence-electron chi connectivity index (χ4n) is 1.81. The van der Waals surface area contributed by atoms with Crippen LogP contribution in [0.4, 0.5) is 10.1 Å². The van der Waals surface area contributed by atoms with Gasteiger partial charge in [-0.3, -0.25) is 14.3 Å². The van der Waals surface area contributed by atoms with Gasteiger partial charge in [-0.2, -0.15) is 0 Å². The summed E-state index contributed by atoms with van der Waals surface area (Å²) in [4.78, 5) is 10.7.